The van der Waals surface area contributed by atoms with E-state index in [-0.39, 0.29) is 5.78 Å². The molecule has 0 saturated carbocycles. The number of aldehydes is 1. The predicted molar refractivity (Wildman–Crippen MR) is 65.1 cm³/mol. The second-order valence-corrected chi connectivity index (χ2v) is 3.73. The maximum Gasteiger partial charge on any atom is 0.178 e. The molecule has 0 radical (unpaired) electrons. The lowest BCUT2D eigenvalue weighted by atomic mass is 10.1. The lowest BCUT2D eigenvalue weighted by Gasteiger charge is -2.02. The molecule has 0 aliphatic carbocycles. The molecule has 3 heteroatoms. The normalized spacial score (nSPS) is 9.94. The summed E-state index contributed by atoms with van der Waals surface area (Å²) in [6.07, 6.45) is 2.47. The van der Waals surface area contributed by atoms with Gasteiger partial charge in [-0.15, -0.1) is 0 Å². The number of pyridine rings is 1. The van der Waals surface area contributed by atoms with Gasteiger partial charge in [0.05, 0.1) is 0 Å². The second-order valence-electron chi connectivity index (χ2n) is 3.73. The molecule has 0 unspecified atom stereocenters. The lowest BCUT2D eigenvalue weighted by molar-refractivity contribution is 0.101. The molecule has 84 valence electrons. The number of carbonyl (C=O) groups excluding carboxylic acids is 2. The first kappa shape index (κ1) is 11.2. The quantitative estimate of drug-likeness (QED) is 0.596. The zero-order chi connectivity index (χ0) is 12.3. The van der Waals surface area contributed by atoms with Crippen LogP contribution in [0, 0.1) is 0 Å². The van der Waals surface area contributed by atoms with Crippen LogP contribution in [0.4, 0.5) is 0 Å². The van der Waals surface area contributed by atoms with Crippen LogP contribution in [0.3, 0.4) is 0 Å². The summed E-state index contributed by atoms with van der Waals surface area (Å²) < 4.78 is 0. The number of hydrogen-bond acceptors (Lipinski definition) is 3. The average Bonchev–Trinajstić information content (AvgIpc) is 2.39. The van der Waals surface area contributed by atoms with Gasteiger partial charge in [0, 0.05) is 24.2 Å². The molecule has 0 bridgehead atoms. The van der Waals surface area contributed by atoms with Crippen molar-refractivity contribution in [1.29, 1.82) is 0 Å². The predicted octanol–water partition coefficient (Wildman–Crippen LogP) is 2.76. The SMILES string of the molecule is CC(=O)c1ccc(-c2ccc(C=O)cc2)cn1. The topological polar surface area (TPSA) is 47.0 Å². The maximum atomic E-state index is 11.1. The molecule has 2 rings (SSSR count). The van der Waals surface area contributed by atoms with Gasteiger partial charge in [0.1, 0.15) is 12.0 Å². The Morgan fingerprint density at radius 3 is 2.18 bits per heavy atom. The molecule has 0 saturated heterocycles. The van der Waals surface area contributed by atoms with Gasteiger partial charge in [-0.1, -0.05) is 30.3 Å². The van der Waals surface area contributed by atoms with Crippen LogP contribution < -0.4 is 0 Å². The average molecular weight is 225 g/mol. The number of nitrogens with zero attached hydrogens (tertiary/aromatic N) is 1. The molecular formula is C14H11NO2. The Morgan fingerprint density at radius 1 is 1.06 bits per heavy atom. The largest absolute Gasteiger partial charge is 0.298 e. The fourth-order valence-corrected chi connectivity index (χ4v) is 1.53. The van der Waals surface area contributed by atoms with E-state index >= 15 is 0 Å². The van der Waals surface area contributed by atoms with E-state index in [1.165, 1.54) is 6.92 Å². The Kier molecular flexibility index (Phi) is 3.10. The number of ketones is 1. The monoisotopic (exact) mass is 225 g/mol. The minimum atomic E-state index is -0.0483. The molecule has 1 heterocycles. The number of hydrogen-bond donors (Lipinski definition) is 0. The summed E-state index contributed by atoms with van der Waals surface area (Å²) in [7, 11) is 0. The first-order valence-electron chi connectivity index (χ1n) is 5.23. The van der Waals surface area contributed by atoms with Gasteiger partial charge in [0.15, 0.2) is 5.78 Å². The van der Waals surface area contributed by atoms with Crippen molar-refractivity contribution in [3.8, 4) is 11.1 Å². The Labute approximate surface area is 99.1 Å². The second kappa shape index (κ2) is 4.70. The maximum absolute atomic E-state index is 11.1. The third kappa shape index (κ3) is 2.45. The van der Waals surface area contributed by atoms with Crippen LogP contribution in [0.5, 0.6) is 0 Å². The highest BCUT2D eigenvalue weighted by atomic mass is 16.1. The minimum absolute atomic E-state index is 0.0483. The van der Waals surface area contributed by atoms with Gasteiger partial charge < -0.3 is 0 Å². The van der Waals surface area contributed by atoms with Crippen LogP contribution in [0.2, 0.25) is 0 Å². The van der Waals surface area contributed by atoms with Crippen molar-refractivity contribution in [2.75, 3.05) is 0 Å². The van der Waals surface area contributed by atoms with E-state index in [0.29, 0.717) is 11.3 Å². The third-order valence-corrected chi connectivity index (χ3v) is 2.50. The van der Waals surface area contributed by atoms with Gasteiger partial charge in [-0.2, -0.15) is 0 Å². The Hall–Kier alpha value is -2.29. The number of carbonyl (C=O) groups is 2. The molecular weight excluding hydrogens is 214 g/mol. The van der Waals surface area contributed by atoms with Crippen LogP contribution in [-0.4, -0.2) is 17.1 Å². The molecule has 17 heavy (non-hydrogen) atoms. The Morgan fingerprint density at radius 2 is 1.71 bits per heavy atom. The Bertz CT molecular complexity index is 541. The number of aromatic nitrogens is 1. The van der Waals surface area contributed by atoms with Crippen molar-refractivity contribution in [2.24, 2.45) is 0 Å². The summed E-state index contributed by atoms with van der Waals surface area (Å²) in [5.74, 6) is -0.0483. The molecule has 0 aliphatic heterocycles. The van der Waals surface area contributed by atoms with Crippen LogP contribution in [0.15, 0.2) is 42.6 Å². The molecule has 1 aromatic heterocycles. The molecule has 0 atom stereocenters. The zero-order valence-electron chi connectivity index (χ0n) is 9.38. The minimum Gasteiger partial charge on any atom is -0.298 e. The van der Waals surface area contributed by atoms with Crippen LogP contribution >= 0.6 is 0 Å². The molecule has 2 aromatic rings. The van der Waals surface area contributed by atoms with E-state index in [4.69, 9.17) is 0 Å². The highest BCUT2D eigenvalue weighted by Crippen LogP contribution is 2.18. The van der Waals surface area contributed by atoms with E-state index in [2.05, 4.69) is 4.98 Å². The standard InChI is InChI=1S/C14H11NO2/c1-10(17)14-7-6-13(8-15-14)12-4-2-11(9-16)3-5-12/h2-9H,1H3. The van der Waals surface area contributed by atoms with Gasteiger partial charge in [0.25, 0.3) is 0 Å². The molecule has 0 N–H and O–H groups in total. The number of Topliss-reactive ketones (excluding diaryl/α,β-unsaturated/α-hetero) is 1. The van der Waals surface area contributed by atoms with Crippen LogP contribution in [-0.2, 0) is 0 Å². The summed E-state index contributed by atoms with van der Waals surface area (Å²) in [5.41, 5.74) is 2.99. The molecule has 0 fully saturated rings. The van der Waals surface area contributed by atoms with E-state index in [9.17, 15) is 9.59 Å². The van der Waals surface area contributed by atoms with Crippen LogP contribution in [0.1, 0.15) is 27.8 Å². The summed E-state index contributed by atoms with van der Waals surface area (Å²) in [5, 5.41) is 0. The van der Waals surface area contributed by atoms with E-state index in [0.717, 1.165) is 17.4 Å². The van der Waals surface area contributed by atoms with E-state index in [1.807, 2.05) is 18.2 Å². The lowest BCUT2D eigenvalue weighted by Crippen LogP contribution is -1.95. The highest BCUT2D eigenvalue weighted by molar-refractivity contribution is 5.92. The summed E-state index contributed by atoms with van der Waals surface area (Å²) >= 11 is 0. The van der Waals surface area contributed by atoms with Crippen molar-refractivity contribution < 1.29 is 9.59 Å². The fourth-order valence-electron chi connectivity index (χ4n) is 1.53. The van der Waals surface area contributed by atoms with Crippen molar-refractivity contribution in [3.63, 3.8) is 0 Å². The van der Waals surface area contributed by atoms with E-state index in [1.54, 1.807) is 24.4 Å². The summed E-state index contributed by atoms with van der Waals surface area (Å²) in [6, 6.07) is 10.8. The first-order chi connectivity index (χ1) is 8.20. The highest BCUT2D eigenvalue weighted by Gasteiger charge is 2.02. The molecule has 0 spiro atoms. The third-order valence-electron chi connectivity index (χ3n) is 2.50. The smallest absolute Gasteiger partial charge is 0.178 e. The summed E-state index contributed by atoms with van der Waals surface area (Å²) in [4.78, 5) is 25.7. The molecule has 0 aliphatic rings. The number of rotatable bonds is 3. The van der Waals surface area contributed by atoms with Gasteiger partial charge in [-0.25, -0.2) is 0 Å². The van der Waals surface area contributed by atoms with Crippen molar-refractivity contribution in [1.82, 2.24) is 4.98 Å². The van der Waals surface area contributed by atoms with Gasteiger partial charge in [0.2, 0.25) is 0 Å². The van der Waals surface area contributed by atoms with Crippen LogP contribution in [0.25, 0.3) is 11.1 Å². The fraction of sp³-hybridized carbons (Fsp3) is 0.0714. The Balaban J connectivity index is 2.32. The van der Waals surface area contributed by atoms with Crippen molar-refractivity contribution in [2.45, 2.75) is 6.92 Å². The summed E-state index contributed by atoms with van der Waals surface area (Å²) in [6.45, 7) is 1.49. The van der Waals surface area contributed by atoms with Gasteiger partial charge in [-0.3, -0.25) is 14.6 Å². The molecule has 0 amide bonds. The first-order valence-corrected chi connectivity index (χ1v) is 5.23. The van der Waals surface area contributed by atoms with Crippen molar-refractivity contribution in [3.05, 3.63) is 53.9 Å². The molecule has 1 aromatic carbocycles. The van der Waals surface area contributed by atoms with Gasteiger partial charge in [-0.05, 0) is 11.6 Å². The van der Waals surface area contributed by atoms with Gasteiger partial charge >= 0.3 is 0 Å². The number of benzene rings is 1. The molecule has 3 nitrogen and oxygen atoms in total. The van der Waals surface area contributed by atoms with E-state index < -0.39 is 0 Å². The van der Waals surface area contributed by atoms with Crippen molar-refractivity contribution >= 4 is 12.1 Å². The zero-order valence-corrected chi connectivity index (χ0v) is 9.38.